The fourth-order valence-corrected chi connectivity index (χ4v) is 2.94. The lowest BCUT2D eigenvalue weighted by Crippen LogP contribution is -2.14. The molecule has 0 atom stereocenters. The summed E-state index contributed by atoms with van der Waals surface area (Å²) < 4.78 is 21.9. The van der Waals surface area contributed by atoms with Gasteiger partial charge >= 0.3 is 0 Å². The Hall–Kier alpha value is -2.44. The fourth-order valence-electron chi connectivity index (χ4n) is 2.71. The third kappa shape index (κ3) is 6.27. The largest absolute Gasteiger partial charge is 0.495 e. The predicted octanol–water partition coefficient (Wildman–Crippen LogP) is 5.32. The van der Waals surface area contributed by atoms with Crippen LogP contribution in [0.15, 0.2) is 30.3 Å². The zero-order valence-corrected chi connectivity index (χ0v) is 18.1. The second-order valence-electron chi connectivity index (χ2n) is 6.30. The van der Waals surface area contributed by atoms with Crippen LogP contribution in [0.25, 0.3) is 0 Å². The summed E-state index contributed by atoms with van der Waals surface area (Å²) in [6.45, 7) is 5.62. The highest BCUT2D eigenvalue weighted by atomic mass is 35.5. The van der Waals surface area contributed by atoms with Crippen molar-refractivity contribution in [2.45, 2.75) is 33.3 Å². The summed E-state index contributed by atoms with van der Waals surface area (Å²) in [5.74, 6) is 1.31. The van der Waals surface area contributed by atoms with Crippen molar-refractivity contribution in [1.82, 2.24) is 0 Å². The molecule has 0 saturated heterocycles. The highest BCUT2D eigenvalue weighted by Gasteiger charge is 2.15. The number of carbonyl (C=O) groups is 1. The molecule has 29 heavy (non-hydrogen) atoms. The van der Waals surface area contributed by atoms with Crippen molar-refractivity contribution in [2.75, 3.05) is 32.8 Å². The smallest absolute Gasteiger partial charge is 0.255 e. The van der Waals surface area contributed by atoms with Crippen molar-refractivity contribution in [3.8, 4) is 17.2 Å². The maximum absolute atomic E-state index is 12.8. The average Bonchev–Trinajstić information content (AvgIpc) is 2.73. The molecule has 0 bridgehead atoms. The minimum Gasteiger partial charge on any atom is -0.495 e. The Morgan fingerprint density at radius 3 is 2.45 bits per heavy atom. The number of rotatable bonds is 11. The lowest BCUT2D eigenvalue weighted by atomic mass is 10.1. The third-order valence-electron chi connectivity index (χ3n) is 4.24. The summed E-state index contributed by atoms with van der Waals surface area (Å²) >= 11 is 6.13. The summed E-state index contributed by atoms with van der Waals surface area (Å²) in [6, 6.07) is 8.52. The molecule has 158 valence electrons. The Bertz CT molecular complexity index is 825. The minimum absolute atomic E-state index is 0.287. The summed E-state index contributed by atoms with van der Waals surface area (Å²) in [6.07, 6.45) is 2.05. The van der Waals surface area contributed by atoms with Crippen LogP contribution < -0.4 is 19.5 Å². The summed E-state index contributed by atoms with van der Waals surface area (Å²) in [4.78, 5) is 12.8. The first-order valence-electron chi connectivity index (χ1n) is 9.60. The Kier molecular flexibility index (Phi) is 9.09. The van der Waals surface area contributed by atoms with Gasteiger partial charge in [-0.05, 0) is 31.5 Å². The average molecular weight is 422 g/mol. The minimum atomic E-state index is -0.287. The van der Waals surface area contributed by atoms with Crippen LogP contribution in [0.1, 0.15) is 42.6 Å². The van der Waals surface area contributed by atoms with Gasteiger partial charge in [0.05, 0.1) is 38.1 Å². The molecule has 2 aromatic rings. The van der Waals surface area contributed by atoms with Gasteiger partial charge in [-0.2, -0.15) is 0 Å². The highest BCUT2D eigenvalue weighted by molar-refractivity contribution is 6.32. The highest BCUT2D eigenvalue weighted by Crippen LogP contribution is 2.36. The second-order valence-corrected chi connectivity index (χ2v) is 6.71. The van der Waals surface area contributed by atoms with Gasteiger partial charge in [0.1, 0.15) is 17.2 Å². The van der Waals surface area contributed by atoms with Gasteiger partial charge in [-0.15, -0.1) is 0 Å². The molecule has 0 unspecified atom stereocenters. The molecule has 0 aliphatic heterocycles. The summed E-state index contributed by atoms with van der Waals surface area (Å²) in [5.41, 5.74) is 1.78. The summed E-state index contributed by atoms with van der Waals surface area (Å²) in [7, 11) is 3.02. The van der Waals surface area contributed by atoms with Crippen LogP contribution >= 0.6 is 11.6 Å². The van der Waals surface area contributed by atoms with Gasteiger partial charge in [-0.1, -0.05) is 24.9 Å². The molecule has 0 heterocycles. The number of amides is 1. The lowest BCUT2D eigenvalue weighted by Gasteiger charge is -2.15. The molecule has 0 spiro atoms. The van der Waals surface area contributed by atoms with Gasteiger partial charge < -0.3 is 24.3 Å². The van der Waals surface area contributed by atoms with Crippen LogP contribution in [0.4, 0.5) is 5.69 Å². The molecule has 6 nitrogen and oxygen atoms in total. The van der Waals surface area contributed by atoms with Crippen molar-refractivity contribution < 1.29 is 23.7 Å². The van der Waals surface area contributed by atoms with Crippen LogP contribution in [0.2, 0.25) is 5.02 Å². The van der Waals surface area contributed by atoms with Crippen LogP contribution in [0.5, 0.6) is 17.2 Å². The van der Waals surface area contributed by atoms with Crippen molar-refractivity contribution in [2.24, 2.45) is 0 Å². The SMILES string of the molecule is CCCCOCc1cc(C(=O)Nc2cc(OC)c(Cl)cc2OC)ccc1OCC. The maximum atomic E-state index is 12.8. The van der Waals surface area contributed by atoms with Gasteiger partial charge in [-0.25, -0.2) is 0 Å². The number of methoxy groups -OCH3 is 2. The molecule has 0 aromatic heterocycles. The first-order valence-corrected chi connectivity index (χ1v) is 9.98. The Balaban J connectivity index is 2.24. The van der Waals surface area contributed by atoms with Crippen molar-refractivity contribution in [3.05, 3.63) is 46.5 Å². The lowest BCUT2D eigenvalue weighted by molar-refractivity contribution is 0.102. The normalized spacial score (nSPS) is 10.5. The third-order valence-corrected chi connectivity index (χ3v) is 4.54. The van der Waals surface area contributed by atoms with E-state index in [1.807, 2.05) is 6.92 Å². The van der Waals surface area contributed by atoms with Gasteiger partial charge in [0.25, 0.3) is 5.91 Å². The van der Waals surface area contributed by atoms with Gasteiger partial charge in [0.2, 0.25) is 0 Å². The number of carbonyl (C=O) groups excluding carboxylic acids is 1. The molecule has 0 fully saturated rings. The van der Waals surface area contributed by atoms with E-state index < -0.39 is 0 Å². The Morgan fingerprint density at radius 1 is 1.03 bits per heavy atom. The number of halogens is 1. The van der Waals surface area contributed by atoms with E-state index in [1.54, 1.807) is 30.3 Å². The van der Waals surface area contributed by atoms with E-state index in [2.05, 4.69) is 12.2 Å². The molecule has 0 aliphatic rings. The zero-order chi connectivity index (χ0) is 21.2. The molecule has 2 aromatic carbocycles. The molecule has 0 aliphatic carbocycles. The number of anilines is 1. The second kappa shape index (κ2) is 11.5. The first-order chi connectivity index (χ1) is 14.0. The van der Waals surface area contributed by atoms with Gasteiger partial charge in [-0.3, -0.25) is 4.79 Å². The van der Waals surface area contributed by atoms with Crippen LogP contribution in [-0.4, -0.2) is 33.3 Å². The standard InChI is InChI=1S/C22H28ClNO5/c1-5-7-10-28-14-16-11-15(8-9-19(16)29-6-2)22(25)24-18-13-20(26-3)17(23)12-21(18)27-4/h8-9,11-13H,5-7,10,14H2,1-4H3,(H,24,25). The van der Waals surface area contributed by atoms with Crippen molar-refractivity contribution >= 4 is 23.2 Å². The number of nitrogens with one attached hydrogen (secondary N) is 1. The molecular weight excluding hydrogens is 394 g/mol. The van der Waals surface area contributed by atoms with E-state index in [4.69, 9.17) is 30.5 Å². The van der Waals surface area contributed by atoms with Crippen molar-refractivity contribution in [3.63, 3.8) is 0 Å². The van der Waals surface area contributed by atoms with E-state index in [0.717, 1.165) is 18.4 Å². The molecule has 0 saturated carbocycles. The molecule has 1 amide bonds. The Morgan fingerprint density at radius 2 is 1.79 bits per heavy atom. The van der Waals surface area contributed by atoms with E-state index >= 15 is 0 Å². The van der Waals surface area contributed by atoms with Gasteiger partial charge in [0, 0.05) is 29.9 Å². The number of ether oxygens (including phenoxy) is 4. The molecule has 2 rings (SSSR count). The van der Waals surface area contributed by atoms with Crippen LogP contribution in [-0.2, 0) is 11.3 Å². The fraction of sp³-hybridized carbons (Fsp3) is 0.409. The number of hydrogen-bond donors (Lipinski definition) is 1. The maximum Gasteiger partial charge on any atom is 0.255 e. The topological polar surface area (TPSA) is 66.0 Å². The zero-order valence-electron chi connectivity index (χ0n) is 17.3. The number of hydrogen-bond acceptors (Lipinski definition) is 5. The molecule has 1 N–H and O–H groups in total. The van der Waals surface area contributed by atoms with E-state index in [0.29, 0.717) is 53.3 Å². The van der Waals surface area contributed by atoms with E-state index in [9.17, 15) is 4.79 Å². The molecular formula is C22H28ClNO5. The molecule has 7 heteroatoms. The first kappa shape index (κ1) is 22.8. The Labute approximate surface area is 177 Å². The monoisotopic (exact) mass is 421 g/mol. The quantitative estimate of drug-likeness (QED) is 0.497. The number of benzene rings is 2. The van der Waals surface area contributed by atoms with Crippen LogP contribution in [0.3, 0.4) is 0 Å². The molecule has 0 radical (unpaired) electrons. The van der Waals surface area contributed by atoms with Gasteiger partial charge in [0.15, 0.2) is 0 Å². The van der Waals surface area contributed by atoms with Crippen LogP contribution in [0, 0.1) is 0 Å². The number of unbranched alkanes of at least 4 members (excludes halogenated alkanes) is 1. The van der Waals surface area contributed by atoms with Crippen molar-refractivity contribution in [1.29, 1.82) is 0 Å². The van der Waals surface area contributed by atoms with E-state index in [-0.39, 0.29) is 5.91 Å². The van der Waals surface area contributed by atoms with E-state index in [1.165, 1.54) is 14.2 Å². The summed E-state index contributed by atoms with van der Waals surface area (Å²) in [5, 5.41) is 3.25. The predicted molar refractivity (Wildman–Crippen MR) is 115 cm³/mol.